The van der Waals surface area contributed by atoms with Crippen LogP contribution in [0.5, 0.6) is 0 Å². The molecular weight excluding hydrogens is 316 g/mol. The number of carbonyl (C=O) groups is 2. The van der Waals surface area contributed by atoms with Gasteiger partial charge in [0, 0.05) is 24.9 Å². The second-order valence-electron chi connectivity index (χ2n) is 7.86. The van der Waals surface area contributed by atoms with Crippen LogP contribution in [-0.2, 0) is 9.59 Å². The standard InChI is InChI=1S/C19H28N4O2/c1-12(2)15(16-20-9-7-10-21-16)23-14(5)19(18(23)25)8-6-11-22(19)17(24)13(3)4/h7,9-10,12-15H,6,8,11H2,1-5H3. The first-order valence-electron chi connectivity index (χ1n) is 9.23. The number of amides is 2. The SMILES string of the molecule is CC(C)C(=O)N1CCCC12C(=O)N(C(c1ncccn1)C(C)C)C2C. The van der Waals surface area contributed by atoms with Gasteiger partial charge in [-0.25, -0.2) is 9.97 Å². The van der Waals surface area contributed by atoms with Crippen molar-refractivity contribution in [3.63, 3.8) is 0 Å². The van der Waals surface area contributed by atoms with Crippen molar-refractivity contribution in [2.24, 2.45) is 11.8 Å². The summed E-state index contributed by atoms with van der Waals surface area (Å²) in [6.45, 7) is 10.7. The molecular formula is C19H28N4O2. The Morgan fingerprint density at radius 1 is 1.24 bits per heavy atom. The van der Waals surface area contributed by atoms with Crippen LogP contribution in [0.3, 0.4) is 0 Å². The van der Waals surface area contributed by atoms with Gasteiger partial charge < -0.3 is 9.80 Å². The fourth-order valence-electron chi connectivity index (χ4n) is 4.43. The van der Waals surface area contributed by atoms with Crippen molar-refractivity contribution in [1.82, 2.24) is 19.8 Å². The quantitative estimate of drug-likeness (QED) is 0.787. The summed E-state index contributed by atoms with van der Waals surface area (Å²) < 4.78 is 0. The molecule has 3 atom stereocenters. The van der Waals surface area contributed by atoms with Crippen molar-refractivity contribution < 1.29 is 9.59 Å². The van der Waals surface area contributed by atoms with Crippen LogP contribution in [0.25, 0.3) is 0 Å². The van der Waals surface area contributed by atoms with Gasteiger partial charge in [0.05, 0.1) is 12.1 Å². The largest absolute Gasteiger partial charge is 0.326 e. The summed E-state index contributed by atoms with van der Waals surface area (Å²) in [6.07, 6.45) is 5.07. The molecule has 3 unspecified atom stereocenters. The molecule has 0 aliphatic carbocycles. The molecule has 3 heterocycles. The second-order valence-corrected chi connectivity index (χ2v) is 7.86. The molecule has 2 saturated heterocycles. The van der Waals surface area contributed by atoms with Gasteiger partial charge in [0.1, 0.15) is 5.54 Å². The number of hydrogen-bond acceptors (Lipinski definition) is 4. The molecule has 0 bridgehead atoms. The van der Waals surface area contributed by atoms with Crippen molar-refractivity contribution in [2.75, 3.05) is 6.54 Å². The second kappa shape index (κ2) is 6.39. The minimum absolute atomic E-state index is 0.0265. The highest BCUT2D eigenvalue weighted by molar-refractivity contribution is 5.99. The maximum absolute atomic E-state index is 13.3. The number of carbonyl (C=O) groups excluding carboxylic acids is 2. The number of hydrogen-bond donors (Lipinski definition) is 0. The lowest BCUT2D eigenvalue weighted by atomic mass is 9.74. The molecule has 25 heavy (non-hydrogen) atoms. The molecule has 0 saturated carbocycles. The third-order valence-corrected chi connectivity index (χ3v) is 5.68. The van der Waals surface area contributed by atoms with E-state index in [4.69, 9.17) is 0 Å². The van der Waals surface area contributed by atoms with Crippen LogP contribution in [0.15, 0.2) is 18.5 Å². The van der Waals surface area contributed by atoms with Crippen LogP contribution in [-0.4, -0.2) is 49.7 Å². The molecule has 0 aromatic carbocycles. The summed E-state index contributed by atoms with van der Waals surface area (Å²) in [5.41, 5.74) is -0.663. The fourth-order valence-corrected chi connectivity index (χ4v) is 4.43. The molecule has 1 aromatic heterocycles. The summed E-state index contributed by atoms with van der Waals surface area (Å²) in [5.74, 6) is 0.906. The molecule has 2 aliphatic heterocycles. The molecule has 6 heteroatoms. The van der Waals surface area contributed by atoms with E-state index in [1.54, 1.807) is 18.5 Å². The van der Waals surface area contributed by atoms with Gasteiger partial charge in [-0.1, -0.05) is 27.7 Å². The molecule has 6 nitrogen and oxygen atoms in total. The lowest BCUT2D eigenvalue weighted by Crippen LogP contribution is -2.78. The third-order valence-electron chi connectivity index (χ3n) is 5.68. The van der Waals surface area contributed by atoms with Crippen molar-refractivity contribution >= 4 is 11.8 Å². The maximum atomic E-state index is 13.3. The highest BCUT2D eigenvalue weighted by Gasteiger charge is 2.66. The van der Waals surface area contributed by atoms with E-state index in [0.29, 0.717) is 12.4 Å². The maximum Gasteiger partial charge on any atom is 0.251 e. The summed E-state index contributed by atoms with van der Waals surface area (Å²) in [4.78, 5) is 38.5. The van der Waals surface area contributed by atoms with Crippen LogP contribution < -0.4 is 0 Å². The van der Waals surface area contributed by atoms with Gasteiger partial charge in [0.2, 0.25) is 5.91 Å². The molecule has 136 valence electrons. The first kappa shape index (κ1) is 17.8. The Morgan fingerprint density at radius 3 is 2.40 bits per heavy atom. The molecule has 2 amide bonds. The van der Waals surface area contributed by atoms with E-state index >= 15 is 0 Å². The molecule has 1 aromatic rings. The minimum atomic E-state index is -0.663. The lowest BCUT2D eigenvalue weighted by Gasteiger charge is -2.59. The summed E-state index contributed by atoms with van der Waals surface area (Å²) in [5, 5.41) is 0. The number of aromatic nitrogens is 2. The van der Waals surface area contributed by atoms with Crippen molar-refractivity contribution in [2.45, 2.75) is 65.1 Å². The summed E-state index contributed by atoms with van der Waals surface area (Å²) >= 11 is 0. The van der Waals surface area contributed by atoms with Crippen molar-refractivity contribution in [3.05, 3.63) is 24.3 Å². The van der Waals surface area contributed by atoms with Crippen molar-refractivity contribution in [3.8, 4) is 0 Å². The van der Waals surface area contributed by atoms with Crippen LogP contribution in [0.4, 0.5) is 0 Å². The Morgan fingerprint density at radius 2 is 1.88 bits per heavy atom. The van der Waals surface area contributed by atoms with E-state index in [9.17, 15) is 9.59 Å². The smallest absolute Gasteiger partial charge is 0.251 e. The van der Waals surface area contributed by atoms with Gasteiger partial charge in [-0.15, -0.1) is 0 Å². The topological polar surface area (TPSA) is 66.4 Å². The lowest BCUT2D eigenvalue weighted by molar-refractivity contribution is -0.185. The average Bonchev–Trinajstić information content (AvgIpc) is 3.06. The Kier molecular flexibility index (Phi) is 4.56. The zero-order valence-electron chi connectivity index (χ0n) is 15.8. The Balaban J connectivity index is 1.92. The Hall–Kier alpha value is -1.98. The molecule has 0 N–H and O–H groups in total. The first-order chi connectivity index (χ1) is 11.8. The van der Waals surface area contributed by atoms with Gasteiger partial charge in [-0.3, -0.25) is 9.59 Å². The van der Waals surface area contributed by atoms with E-state index in [1.165, 1.54) is 0 Å². The number of β-lactam (4-membered cyclic amide) rings is 1. The van der Waals surface area contributed by atoms with Gasteiger partial charge in [-0.05, 0) is 31.7 Å². The Labute approximate surface area is 149 Å². The van der Waals surface area contributed by atoms with E-state index in [2.05, 4.69) is 30.7 Å². The highest BCUT2D eigenvalue weighted by atomic mass is 16.2. The summed E-state index contributed by atoms with van der Waals surface area (Å²) in [6, 6.07) is 1.59. The normalized spacial score (nSPS) is 27.3. The predicted molar refractivity (Wildman–Crippen MR) is 94.4 cm³/mol. The average molecular weight is 344 g/mol. The number of nitrogens with zero attached hydrogens (tertiary/aromatic N) is 4. The molecule has 0 radical (unpaired) electrons. The first-order valence-corrected chi connectivity index (χ1v) is 9.23. The molecule has 3 rings (SSSR count). The van der Waals surface area contributed by atoms with E-state index < -0.39 is 5.54 Å². The van der Waals surface area contributed by atoms with Crippen LogP contribution >= 0.6 is 0 Å². The Bertz CT molecular complexity index is 661. The van der Waals surface area contributed by atoms with Gasteiger partial charge in [0.25, 0.3) is 5.91 Å². The van der Waals surface area contributed by atoms with E-state index in [-0.39, 0.29) is 35.7 Å². The monoisotopic (exact) mass is 344 g/mol. The van der Waals surface area contributed by atoms with Crippen LogP contribution in [0, 0.1) is 11.8 Å². The zero-order chi connectivity index (χ0) is 18.4. The highest BCUT2D eigenvalue weighted by Crippen LogP contribution is 2.49. The van der Waals surface area contributed by atoms with Crippen LogP contribution in [0.1, 0.15) is 59.3 Å². The summed E-state index contributed by atoms with van der Waals surface area (Å²) in [7, 11) is 0. The van der Waals surface area contributed by atoms with Gasteiger partial charge >= 0.3 is 0 Å². The fraction of sp³-hybridized carbons (Fsp3) is 0.684. The predicted octanol–water partition coefficient (Wildman–Crippen LogP) is 2.42. The van der Waals surface area contributed by atoms with E-state index in [0.717, 1.165) is 12.8 Å². The van der Waals surface area contributed by atoms with Gasteiger partial charge in [0.15, 0.2) is 5.82 Å². The molecule has 1 spiro atoms. The third kappa shape index (κ3) is 2.53. The molecule has 2 aliphatic rings. The number of likely N-dealkylation sites (tertiary alicyclic amines) is 2. The molecule has 2 fully saturated rings. The van der Waals surface area contributed by atoms with Crippen LogP contribution in [0.2, 0.25) is 0 Å². The zero-order valence-corrected chi connectivity index (χ0v) is 15.8. The van der Waals surface area contributed by atoms with E-state index in [1.807, 2.05) is 23.6 Å². The number of rotatable bonds is 4. The minimum Gasteiger partial charge on any atom is -0.326 e. The van der Waals surface area contributed by atoms with Crippen molar-refractivity contribution in [1.29, 1.82) is 0 Å². The van der Waals surface area contributed by atoms with Gasteiger partial charge in [-0.2, -0.15) is 0 Å².